The third kappa shape index (κ3) is 2.45. The topological polar surface area (TPSA) is 77.1 Å². The number of rotatable bonds is 2. The summed E-state index contributed by atoms with van der Waals surface area (Å²) in [5.74, 6) is 0.0415. The van der Waals surface area contributed by atoms with Gasteiger partial charge in [0.2, 0.25) is 5.91 Å². The maximum atomic E-state index is 13.0. The molecule has 2 aromatic carbocycles. The zero-order valence-corrected chi connectivity index (χ0v) is 14.3. The molecule has 1 N–H and O–H groups in total. The van der Waals surface area contributed by atoms with E-state index in [2.05, 4.69) is 10.4 Å². The molecule has 0 aliphatic carbocycles. The van der Waals surface area contributed by atoms with E-state index in [1.165, 1.54) is 6.26 Å². The van der Waals surface area contributed by atoms with E-state index in [4.69, 9.17) is 4.42 Å². The Bertz CT molecular complexity index is 1220. The normalized spacial score (nSPS) is 16.1. The quantitative estimate of drug-likeness (QED) is 0.596. The van der Waals surface area contributed by atoms with Crippen molar-refractivity contribution in [1.82, 2.24) is 9.78 Å². The summed E-state index contributed by atoms with van der Waals surface area (Å²) in [6.45, 7) is 0. The molecular formula is C21H15N3O3. The van der Waals surface area contributed by atoms with Gasteiger partial charge in [-0.05, 0) is 24.3 Å². The zero-order chi connectivity index (χ0) is 18.4. The van der Waals surface area contributed by atoms with Crippen LogP contribution in [0.5, 0.6) is 0 Å². The highest BCUT2D eigenvalue weighted by atomic mass is 16.3. The Hall–Kier alpha value is -3.67. The number of hydrogen-bond acceptors (Lipinski definition) is 4. The maximum Gasteiger partial charge on any atom is 0.226 e. The van der Waals surface area contributed by atoms with E-state index >= 15 is 0 Å². The van der Waals surface area contributed by atoms with Crippen LogP contribution in [0.4, 0.5) is 5.82 Å². The Morgan fingerprint density at radius 1 is 1.00 bits per heavy atom. The first-order chi connectivity index (χ1) is 13.2. The molecule has 4 aromatic rings. The first kappa shape index (κ1) is 15.6. The van der Waals surface area contributed by atoms with E-state index in [1.807, 2.05) is 36.4 Å². The second kappa shape index (κ2) is 5.95. The Morgan fingerprint density at radius 3 is 2.63 bits per heavy atom. The number of nitrogens with zero attached hydrogens (tertiary/aromatic N) is 2. The molecule has 132 valence electrons. The lowest BCUT2D eigenvalue weighted by Crippen LogP contribution is -2.27. The van der Waals surface area contributed by atoms with Crippen molar-refractivity contribution in [2.24, 2.45) is 0 Å². The van der Waals surface area contributed by atoms with Gasteiger partial charge >= 0.3 is 0 Å². The molecule has 27 heavy (non-hydrogen) atoms. The average molecular weight is 357 g/mol. The predicted molar refractivity (Wildman–Crippen MR) is 101 cm³/mol. The fourth-order valence-corrected chi connectivity index (χ4v) is 3.60. The van der Waals surface area contributed by atoms with Crippen LogP contribution in [0.25, 0.3) is 16.7 Å². The molecule has 0 unspecified atom stereocenters. The molecule has 2 aromatic heterocycles. The van der Waals surface area contributed by atoms with Gasteiger partial charge in [-0.1, -0.05) is 30.3 Å². The zero-order valence-electron chi connectivity index (χ0n) is 14.3. The van der Waals surface area contributed by atoms with Crippen LogP contribution in [0.3, 0.4) is 0 Å². The van der Waals surface area contributed by atoms with Crippen molar-refractivity contribution < 1.29 is 9.21 Å². The van der Waals surface area contributed by atoms with E-state index in [0.29, 0.717) is 22.4 Å². The van der Waals surface area contributed by atoms with Crippen molar-refractivity contribution in [3.8, 4) is 5.69 Å². The molecule has 3 heterocycles. The summed E-state index contributed by atoms with van der Waals surface area (Å²) in [6.07, 6.45) is 3.36. The summed E-state index contributed by atoms with van der Waals surface area (Å²) in [7, 11) is 0. The fourth-order valence-electron chi connectivity index (χ4n) is 3.60. The van der Waals surface area contributed by atoms with Gasteiger partial charge < -0.3 is 9.73 Å². The summed E-state index contributed by atoms with van der Waals surface area (Å²) >= 11 is 0. The van der Waals surface area contributed by atoms with Gasteiger partial charge in [0.1, 0.15) is 11.4 Å². The summed E-state index contributed by atoms with van der Waals surface area (Å²) in [5.41, 5.74) is 2.53. The monoisotopic (exact) mass is 357 g/mol. The van der Waals surface area contributed by atoms with Gasteiger partial charge in [-0.2, -0.15) is 5.10 Å². The molecule has 5 rings (SSSR count). The summed E-state index contributed by atoms with van der Waals surface area (Å²) in [5, 5.41) is 7.84. The van der Waals surface area contributed by atoms with Crippen LogP contribution < -0.4 is 10.7 Å². The lowest BCUT2D eigenvalue weighted by atomic mass is 9.88. The molecule has 1 aliphatic rings. The molecule has 0 bridgehead atoms. The van der Waals surface area contributed by atoms with E-state index in [-0.39, 0.29) is 17.8 Å². The molecule has 1 amide bonds. The molecule has 6 nitrogen and oxygen atoms in total. The Kier molecular flexibility index (Phi) is 3.43. The summed E-state index contributed by atoms with van der Waals surface area (Å²) < 4.78 is 7.34. The van der Waals surface area contributed by atoms with Gasteiger partial charge in [-0.25, -0.2) is 4.68 Å². The summed E-state index contributed by atoms with van der Waals surface area (Å²) in [6, 6.07) is 16.7. The Balaban J connectivity index is 1.68. The summed E-state index contributed by atoms with van der Waals surface area (Å²) in [4.78, 5) is 25.4. The molecule has 1 aliphatic heterocycles. The minimum absolute atomic E-state index is 0.116. The van der Waals surface area contributed by atoms with Crippen LogP contribution in [-0.2, 0) is 4.79 Å². The molecule has 0 saturated heterocycles. The molecular weight excluding hydrogens is 342 g/mol. The standard InChI is InChI=1S/C21H15N3O3/c25-19-10-15(17-12-27-18-9-5-4-8-14(18)20(17)26)16-11-22-24(21(16)23-19)13-6-2-1-3-7-13/h1-9,11-12,15H,10H2,(H,23,25)/t15-/m1/s1. The van der Waals surface area contributed by atoms with E-state index in [9.17, 15) is 9.59 Å². The second-order valence-electron chi connectivity index (χ2n) is 6.52. The number of aromatic nitrogens is 2. The average Bonchev–Trinajstić information content (AvgIpc) is 3.12. The predicted octanol–water partition coefficient (Wildman–Crippen LogP) is 3.45. The molecule has 0 saturated carbocycles. The number of carbonyl (C=O) groups is 1. The second-order valence-corrected chi connectivity index (χ2v) is 6.52. The van der Waals surface area contributed by atoms with Crippen molar-refractivity contribution in [1.29, 1.82) is 0 Å². The number of para-hydroxylation sites is 2. The van der Waals surface area contributed by atoms with Gasteiger partial charge in [0.15, 0.2) is 5.43 Å². The lowest BCUT2D eigenvalue weighted by molar-refractivity contribution is -0.116. The third-order valence-electron chi connectivity index (χ3n) is 4.90. The highest BCUT2D eigenvalue weighted by Gasteiger charge is 2.32. The number of fused-ring (bicyclic) bond motifs is 2. The van der Waals surface area contributed by atoms with Crippen LogP contribution in [0.2, 0.25) is 0 Å². The minimum Gasteiger partial charge on any atom is -0.464 e. The molecule has 0 fully saturated rings. The highest BCUT2D eigenvalue weighted by Crippen LogP contribution is 2.37. The van der Waals surface area contributed by atoms with Gasteiger partial charge in [0, 0.05) is 23.5 Å². The van der Waals surface area contributed by atoms with E-state index < -0.39 is 5.92 Å². The maximum absolute atomic E-state index is 13.0. The van der Waals surface area contributed by atoms with Crippen molar-refractivity contribution in [2.45, 2.75) is 12.3 Å². The molecule has 0 spiro atoms. The van der Waals surface area contributed by atoms with E-state index in [0.717, 1.165) is 11.3 Å². The number of anilines is 1. The lowest BCUT2D eigenvalue weighted by Gasteiger charge is -2.23. The fraction of sp³-hybridized carbons (Fsp3) is 0.0952. The minimum atomic E-state index is -0.396. The van der Waals surface area contributed by atoms with Gasteiger partial charge in [-0.3, -0.25) is 9.59 Å². The van der Waals surface area contributed by atoms with Crippen LogP contribution >= 0.6 is 0 Å². The highest BCUT2D eigenvalue weighted by molar-refractivity contribution is 5.94. The van der Waals surface area contributed by atoms with Gasteiger partial charge in [0.25, 0.3) is 0 Å². The SMILES string of the molecule is O=C1C[C@@H](c2coc3ccccc3c2=O)c2cnn(-c3ccccc3)c2N1. The number of carbonyl (C=O) groups excluding carboxylic acids is 1. The van der Waals surface area contributed by atoms with Gasteiger partial charge in [-0.15, -0.1) is 0 Å². The molecule has 1 atom stereocenters. The Labute approximate surface area is 154 Å². The first-order valence-electron chi connectivity index (χ1n) is 8.66. The largest absolute Gasteiger partial charge is 0.464 e. The van der Waals surface area contributed by atoms with Crippen molar-refractivity contribution in [3.05, 3.63) is 88.4 Å². The number of hydrogen-bond donors (Lipinski definition) is 1. The van der Waals surface area contributed by atoms with Crippen LogP contribution in [-0.4, -0.2) is 15.7 Å². The van der Waals surface area contributed by atoms with Crippen molar-refractivity contribution >= 4 is 22.7 Å². The number of nitrogens with one attached hydrogen (secondary N) is 1. The van der Waals surface area contributed by atoms with Crippen molar-refractivity contribution in [3.63, 3.8) is 0 Å². The Morgan fingerprint density at radius 2 is 1.78 bits per heavy atom. The van der Waals surface area contributed by atoms with Crippen LogP contribution in [0.1, 0.15) is 23.5 Å². The van der Waals surface area contributed by atoms with Crippen LogP contribution in [0, 0.1) is 0 Å². The van der Waals surface area contributed by atoms with Gasteiger partial charge in [0.05, 0.1) is 23.5 Å². The van der Waals surface area contributed by atoms with E-state index in [1.54, 1.807) is 29.1 Å². The molecule has 6 heteroatoms. The number of amides is 1. The third-order valence-corrected chi connectivity index (χ3v) is 4.90. The van der Waals surface area contributed by atoms with Crippen molar-refractivity contribution in [2.75, 3.05) is 5.32 Å². The van der Waals surface area contributed by atoms with Crippen LogP contribution in [0.15, 0.2) is 76.3 Å². The first-order valence-corrected chi connectivity index (χ1v) is 8.66. The molecule has 0 radical (unpaired) electrons. The smallest absolute Gasteiger partial charge is 0.226 e. The number of benzene rings is 2.